The zero-order valence-electron chi connectivity index (χ0n) is 12.9. The van der Waals surface area contributed by atoms with Gasteiger partial charge in [-0.15, -0.1) is 0 Å². The molecule has 1 aliphatic rings. The second kappa shape index (κ2) is 6.60. The van der Waals surface area contributed by atoms with Gasteiger partial charge in [-0.2, -0.15) is 0 Å². The lowest BCUT2D eigenvalue weighted by Crippen LogP contribution is -2.47. The summed E-state index contributed by atoms with van der Waals surface area (Å²) in [6.45, 7) is 4.02. The van der Waals surface area contributed by atoms with Crippen LogP contribution >= 0.6 is 15.9 Å². The predicted molar refractivity (Wildman–Crippen MR) is 92.3 cm³/mol. The van der Waals surface area contributed by atoms with Crippen molar-refractivity contribution in [3.05, 3.63) is 40.8 Å². The van der Waals surface area contributed by atoms with E-state index in [-0.39, 0.29) is 0 Å². The van der Waals surface area contributed by atoms with Crippen LogP contribution in [-0.4, -0.2) is 41.1 Å². The summed E-state index contributed by atoms with van der Waals surface area (Å²) in [6, 6.07) is 6.41. The lowest BCUT2D eigenvalue weighted by molar-refractivity contribution is 0.480. The van der Waals surface area contributed by atoms with E-state index in [2.05, 4.69) is 54.9 Å². The molecule has 5 nitrogen and oxygen atoms in total. The minimum Gasteiger partial charge on any atom is -0.355 e. The number of halogens is 1. The first-order chi connectivity index (χ1) is 10.6. The summed E-state index contributed by atoms with van der Waals surface area (Å²) < 4.78 is 1.06. The molecule has 116 valence electrons. The SMILES string of the molecule is Cc1nc(N2CCCC(N(C)c3ncccn3)C2)ccc1Br. The van der Waals surface area contributed by atoms with Gasteiger partial charge in [0, 0.05) is 43.0 Å². The molecule has 0 aliphatic carbocycles. The van der Waals surface area contributed by atoms with Crippen LogP contribution in [0, 0.1) is 6.92 Å². The van der Waals surface area contributed by atoms with Crippen LogP contribution in [0.4, 0.5) is 11.8 Å². The van der Waals surface area contributed by atoms with Gasteiger partial charge in [0.1, 0.15) is 5.82 Å². The van der Waals surface area contributed by atoms with E-state index in [1.165, 1.54) is 0 Å². The van der Waals surface area contributed by atoms with Crippen molar-refractivity contribution < 1.29 is 0 Å². The Kier molecular flexibility index (Phi) is 4.57. The van der Waals surface area contributed by atoms with Crippen molar-refractivity contribution in [1.29, 1.82) is 0 Å². The number of rotatable bonds is 3. The molecule has 2 aromatic heterocycles. The van der Waals surface area contributed by atoms with Crippen LogP contribution in [0.2, 0.25) is 0 Å². The van der Waals surface area contributed by atoms with Crippen LogP contribution in [0.5, 0.6) is 0 Å². The highest BCUT2D eigenvalue weighted by Gasteiger charge is 2.25. The molecule has 0 spiro atoms. The molecule has 1 aliphatic heterocycles. The monoisotopic (exact) mass is 361 g/mol. The van der Waals surface area contributed by atoms with Crippen LogP contribution < -0.4 is 9.80 Å². The third-order valence-corrected chi connectivity index (χ3v) is 4.98. The molecule has 3 rings (SSSR count). The molecular weight excluding hydrogens is 342 g/mol. The van der Waals surface area contributed by atoms with Crippen molar-refractivity contribution in [2.24, 2.45) is 0 Å². The number of aromatic nitrogens is 3. The van der Waals surface area contributed by atoms with Crippen molar-refractivity contribution in [1.82, 2.24) is 15.0 Å². The van der Waals surface area contributed by atoms with Crippen molar-refractivity contribution in [2.75, 3.05) is 29.9 Å². The Morgan fingerprint density at radius 1 is 1.27 bits per heavy atom. The summed E-state index contributed by atoms with van der Waals surface area (Å²) in [5, 5.41) is 0. The zero-order chi connectivity index (χ0) is 15.5. The fourth-order valence-corrected chi connectivity index (χ4v) is 3.04. The third kappa shape index (κ3) is 3.21. The largest absolute Gasteiger partial charge is 0.355 e. The maximum Gasteiger partial charge on any atom is 0.225 e. The smallest absolute Gasteiger partial charge is 0.225 e. The number of piperidine rings is 1. The van der Waals surface area contributed by atoms with Gasteiger partial charge in [0.2, 0.25) is 5.95 Å². The molecule has 3 heterocycles. The molecule has 1 saturated heterocycles. The highest BCUT2D eigenvalue weighted by Crippen LogP contribution is 2.24. The van der Waals surface area contributed by atoms with E-state index in [0.717, 1.165) is 47.9 Å². The maximum absolute atomic E-state index is 4.69. The van der Waals surface area contributed by atoms with Gasteiger partial charge in [0.05, 0.1) is 5.69 Å². The molecule has 0 N–H and O–H groups in total. The highest BCUT2D eigenvalue weighted by molar-refractivity contribution is 9.10. The Balaban J connectivity index is 1.75. The molecule has 6 heteroatoms. The summed E-state index contributed by atoms with van der Waals surface area (Å²) >= 11 is 3.51. The van der Waals surface area contributed by atoms with Crippen molar-refractivity contribution in [3.8, 4) is 0 Å². The van der Waals surface area contributed by atoms with Crippen LogP contribution in [0.25, 0.3) is 0 Å². The van der Waals surface area contributed by atoms with E-state index < -0.39 is 0 Å². The predicted octanol–water partition coefficient (Wildman–Crippen LogP) is 3.05. The number of nitrogens with zero attached hydrogens (tertiary/aromatic N) is 5. The summed E-state index contributed by atoms with van der Waals surface area (Å²) in [6.07, 6.45) is 5.89. The molecule has 0 bridgehead atoms. The molecule has 1 atom stereocenters. The Morgan fingerprint density at radius 2 is 2.05 bits per heavy atom. The normalized spacial score (nSPS) is 18.3. The lowest BCUT2D eigenvalue weighted by atomic mass is 10.0. The van der Waals surface area contributed by atoms with Gasteiger partial charge in [-0.3, -0.25) is 0 Å². The van der Waals surface area contributed by atoms with E-state index in [1.807, 2.05) is 13.0 Å². The van der Waals surface area contributed by atoms with E-state index >= 15 is 0 Å². The van der Waals surface area contributed by atoms with Crippen LogP contribution in [-0.2, 0) is 0 Å². The lowest BCUT2D eigenvalue weighted by Gasteiger charge is -2.38. The maximum atomic E-state index is 4.69. The molecule has 0 amide bonds. The van der Waals surface area contributed by atoms with E-state index in [4.69, 9.17) is 4.98 Å². The molecule has 0 saturated carbocycles. The first-order valence-electron chi connectivity index (χ1n) is 7.53. The Labute approximate surface area is 139 Å². The van der Waals surface area contributed by atoms with Crippen molar-refractivity contribution in [3.63, 3.8) is 0 Å². The number of anilines is 2. The number of aryl methyl sites for hydroxylation is 1. The standard InChI is InChI=1S/C16H20BrN5/c1-12-14(17)6-7-15(20-12)22-10-3-5-13(11-22)21(2)16-18-8-4-9-19-16/h4,6-9,13H,3,5,10-11H2,1-2H3. The van der Waals surface area contributed by atoms with Crippen molar-refractivity contribution >= 4 is 27.7 Å². The minimum atomic E-state index is 0.405. The molecule has 1 fully saturated rings. The average Bonchev–Trinajstić information content (AvgIpc) is 2.57. The van der Waals surface area contributed by atoms with Gasteiger partial charge in [0.25, 0.3) is 0 Å². The summed E-state index contributed by atoms with van der Waals surface area (Å²) in [5.41, 5.74) is 1.03. The topological polar surface area (TPSA) is 45.2 Å². The Bertz CT molecular complexity index is 634. The zero-order valence-corrected chi connectivity index (χ0v) is 14.5. The first kappa shape index (κ1) is 15.2. The number of pyridine rings is 1. The summed E-state index contributed by atoms with van der Waals surface area (Å²) in [4.78, 5) is 17.9. The molecule has 1 unspecified atom stereocenters. The number of likely N-dealkylation sites (N-methyl/N-ethyl adjacent to an activating group) is 1. The quantitative estimate of drug-likeness (QED) is 0.840. The average molecular weight is 362 g/mol. The summed E-state index contributed by atoms with van der Waals surface area (Å²) in [7, 11) is 2.07. The Hall–Kier alpha value is -1.69. The van der Waals surface area contributed by atoms with Crippen molar-refractivity contribution in [2.45, 2.75) is 25.8 Å². The summed E-state index contributed by atoms with van der Waals surface area (Å²) in [5.74, 6) is 1.84. The second-order valence-corrected chi connectivity index (χ2v) is 6.49. The molecule has 0 aromatic carbocycles. The molecule has 0 radical (unpaired) electrons. The fourth-order valence-electron chi connectivity index (χ4n) is 2.82. The molecule has 22 heavy (non-hydrogen) atoms. The van der Waals surface area contributed by atoms with Gasteiger partial charge < -0.3 is 9.80 Å². The minimum absolute atomic E-state index is 0.405. The van der Waals surface area contributed by atoms with E-state index in [0.29, 0.717) is 6.04 Å². The Morgan fingerprint density at radius 3 is 2.77 bits per heavy atom. The van der Waals surface area contributed by atoms with Gasteiger partial charge >= 0.3 is 0 Å². The first-order valence-corrected chi connectivity index (χ1v) is 8.32. The second-order valence-electron chi connectivity index (χ2n) is 5.64. The number of hydrogen-bond acceptors (Lipinski definition) is 5. The number of hydrogen-bond donors (Lipinski definition) is 0. The highest BCUT2D eigenvalue weighted by atomic mass is 79.9. The van der Waals surface area contributed by atoms with E-state index in [9.17, 15) is 0 Å². The van der Waals surface area contributed by atoms with Gasteiger partial charge in [-0.25, -0.2) is 15.0 Å². The molecule has 2 aromatic rings. The van der Waals surface area contributed by atoms with Gasteiger partial charge in [-0.05, 0) is 53.9 Å². The molecular formula is C16H20BrN5. The van der Waals surface area contributed by atoms with Gasteiger partial charge in [0.15, 0.2) is 0 Å². The van der Waals surface area contributed by atoms with Crippen LogP contribution in [0.15, 0.2) is 35.1 Å². The fraction of sp³-hybridized carbons (Fsp3) is 0.438. The van der Waals surface area contributed by atoms with E-state index in [1.54, 1.807) is 12.4 Å². The van der Waals surface area contributed by atoms with Gasteiger partial charge in [-0.1, -0.05) is 0 Å². The van der Waals surface area contributed by atoms with Crippen LogP contribution in [0.1, 0.15) is 18.5 Å². The third-order valence-electron chi connectivity index (χ3n) is 4.14. The van der Waals surface area contributed by atoms with Crippen LogP contribution in [0.3, 0.4) is 0 Å².